The number of hydrazone groups is 1. The van der Waals surface area contributed by atoms with Crippen molar-refractivity contribution in [1.82, 2.24) is 9.88 Å². The molecule has 0 saturated heterocycles. The van der Waals surface area contributed by atoms with E-state index in [-0.39, 0.29) is 6.04 Å². The molecule has 0 fully saturated rings. The molecule has 3 aromatic rings. The van der Waals surface area contributed by atoms with Crippen molar-refractivity contribution in [2.24, 2.45) is 5.10 Å². The van der Waals surface area contributed by atoms with Crippen LogP contribution in [0.4, 0.5) is 11.5 Å². The number of para-hydroxylation sites is 1. The van der Waals surface area contributed by atoms with Crippen LogP contribution in [-0.2, 0) is 4.74 Å². The van der Waals surface area contributed by atoms with Gasteiger partial charge in [-0.2, -0.15) is 5.10 Å². The van der Waals surface area contributed by atoms with E-state index in [1.165, 1.54) is 22.2 Å². The highest BCUT2D eigenvalue weighted by atomic mass is 16.5. The smallest absolute Gasteiger partial charge is 0.160 e. The monoisotopic (exact) mass is 507 g/mol. The van der Waals surface area contributed by atoms with Crippen molar-refractivity contribution in [1.29, 1.82) is 0 Å². The van der Waals surface area contributed by atoms with E-state index in [0.29, 0.717) is 6.73 Å². The Hall–Kier alpha value is -4.06. The van der Waals surface area contributed by atoms with Crippen molar-refractivity contribution < 1.29 is 4.74 Å². The number of allylic oxidation sites excluding steroid dienone is 2. The lowest BCUT2D eigenvalue weighted by Gasteiger charge is -2.21. The van der Waals surface area contributed by atoms with Crippen molar-refractivity contribution in [3.05, 3.63) is 95.9 Å². The van der Waals surface area contributed by atoms with Gasteiger partial charge in [0.25, 0.3) is 0 Å². The number of aryl methyl sites for hydroxylation is 1. The summed E-state index contributed by atoms with van der Waals surface area (Å²) in [6, 6.07) is 19.2. The molecule has 2 aromatic carbocycles. The van der Waals surface area contributed by atoms with Crippen LogP contribution in [0, 0.1) is 6.92 Å². The first kappa shape index (κ1) is 25.6. The zero-order valence-electron chi connectivity index (χ0n) is 22.8. The fraction of sp³-hybridized carbons (Fsp3) is 0.312. The van der Waals surface area contributed by atoms with E-state index in [2.05, 4.69) is 115 Å². The van der Waals surface area contributed by atoms with Crippen LogP contribution in [0.1, 0.15) is 38.3 Å². The first-order valence-electron chi connectivity index (χ1n) is 13.6. The number of ether oxygens (including phenoxy) is 1. The number of benzene rings is 2. The van der Waals surface area contributed by atoms with Gasteiger partial charge in [0, 0.05) is 37.1 Å². The van der Waals surface area contributed by atoms with Gasteiger partial charge in [-0.1, -0.05) is 42.5 Å². The Bertz CT molecular complexity index is 1380. The van der Waals surface area contributed by atoms with E-state index in [4.69, 9.17) is 14.8 Å². The number of hydrogen-bond donors (Lipinski definition) is 0. The molecule has 1 aromatic heterocycles. The van der Waals surface area contributed by atoms with Gasteiger partial charge in [0.1, 0.15) is 12.1 Å². The van der Waals surface area contributed by atoms with E-state index in [1.54, 1.807) is 0 Å². The van der Waals surface area contributed by atoms with Crippen molar-refractivity contribution in [2.75, 3.05) is 36.3 Å². The third kappa shape index (κ3) is 5.44. The molecule has 0 N–H and O–H groups in total. The highest BCUT2D eigenvalue weighted by Crippen LogP contribution is 2.29. The third-order valence-corrected chi connectivity index (χ3v) is 7.27. The summed E-state index contributed by atoms with van der Waals surface area (Å²) in [4.78, 5) is 9.54. The van der Waals surface area contributed by atoms with E-state index in [0.717, 1.165) is 48.8 Å². The molecule has 2 aliphatic heterocycles. The fourth-order valence-corrected chi connectivity index (χ4v) is 5.04. The van der Waals surface area contributed by atoms with Crippen LogP contribution in [0.5, 0.6) is 0 Å². The molecule has 3 heterocycles. The zero-order chi connectivity index (χ0) is 26.5. The molecule has 0 bridgehead atoms. The van der Waals surface area contributed by atoms with Gasteiger partial charge in [0.05, 0.1) is 23.0 Å². The van der Waals surface area contributed by atoms with E-state index < -0.39 is 0 Å². The number of anilines is 2. The third-order valence-electron chi connectivity index (χ3n) is 7.27. The lowest BCUT2D eigenvalue weighted by atomic mass is 10.1. The largest absolute Gasteiger partial charge is 0.479 e. The number of likely N-dealkylation sites (N-methyl/N-ethyl adjacent to an activating group) is 1. The van der Waals surface area contributed by atoms with Crippen LogP contribution in [0.25, 0.3) is 17.0 Å². The molecule has 6 heteroatoms. The predicted octanol–water partition coefficient (Wildman–Crippen LogP) is 6.74. The normalized spacial score (nSPS) is 17.5. The molecule has 1 atom stereocenters. The number of pyridine rings is 1. The van der Waals surface area contributed by atoms with Crippen molar-refractivity contribution in [3.63, 3.8) is 0 Å². The molecule has 1 unspecified atom stereocenters. The van der Waals surface area contributed by atoms with Gasteiger partial charge in [-0.3, -0.25) is 0 Å². The van der Waals surface area contributed by atoms with Gasteiger partial charge >= 0.3 is 0 Å². The lowest BCUT2D eigenvalue weighted by Crippen LogP contribution is -2.25. The molecule has 38 heavy (non-hydrogen) atoms. The number of nitrogens with zero attached hydrogens (tertiary/aromatic N) is 5. The Morgan fingerprint density at radius 2 is 1.79 bits per heavy atom. The minimum Gasteiger partial charge on any atom is -0.479 e. The quantitative estimate of drug-likeness (QED) is 0.321. The average Bonchev–Trinajstić information content (AvgIpc) is 3.58. The average molecular weight is 508 g/mol. The second-order valence-corrected chi connectivity index (χ2v) is 9.67. The molecule has 0 amide bonds. The summed E-state index contributed by atoms with van der Waals surface area (Å²) >= 11 is 0. The minimum absolute atomic E-state index is 0.0629. The highest BCUT2D eigenvalue weighted by molar-refractivity contribution is 6.01. The van der Waals surface area contributed by atoms with Crippen molar-refractivity contribution in [3.8, 4) is 0 Å². The molecule has 196 valence electrons. The molecule has 6 nitrogen and oxygen atoms in total. The Kier molecular flexibility index (Phi) is 7.78. The molecular weight excluding hydrogens is 470 g/mol. The molecule has 0 radical (unpaired) electrons. The van der Waals surface area contributed by atoms with Gasteiger partial charge in [0.15, 0.2) is 6.73 Å². The highest BCUT2D eigenvalue weighted by Gasteiger charge is 2.26. The number of aromatic nitrogens is 1. The van der Waals surface area contributed by atoms with Crippen LogP contribution in [-0.4, -0.2) is 48.0 Å². The standard InChI is InChI=1S/C32H37N5O/c1-5-35(6-2)27-16-13-25(14-17-27)12-15-26-21-28(18-19-29-22-38-23-36(29)7-3)37(34-26)32-20-24(4)30-10-8-9-11-31(30)33-32/h8-20,22,28H,5-7,21,23H2,1-4H3. The maximum Gasteiger partial charge on any atom is 0.160 e. The summed E-state index contributed by atoms with van der Waals surface area (Å²) in [5.41, 5.74) is 6.73. The van der Waals surface area contributed by atoms with E-state index in [1.807, 2.05) is 12.3 Å². The molecular formula is C32H37N5O. The Balaban J connectivity index is 1.42. The first-order valence-corrected chi connectivity index (χ1v) is 13.6. The summed E-state index contributed by atoms with van der Waals surface area (Å²) in [6.07, 6.45) is 11.3. The zero-order valence-corrected chi connectivity index (χ0v) is 22.8. The predicted molar refractivity (Wildman–Crippen MR) is 159 cm³/mol. The van der Waals surface area contributed by atoms with Gasteiger partial charge < -0.3 is 14.5 Å². The Morgan fingerprint density at radius 1 is 1.00 bits per heavy atom. The summed E-state index contributed by atoms with van der Waals surface area (Å²) < 4.78 is 5.54. The summed E-state index contributed by atoms with van der Waals surface area (Å²) in [6.45, 7) is 12.2. The van der Waals surface area contributed by atoms with Crippen LogP contribution in [0.3, 0.4) is 0 Å². The summed E-state index contributed by atoms with van der Waals surface area (Å²) in [5, 5.41) is 8.27. The Labute approximate surface area is 226 Å². The number of fused-ring (bicyclic) bond motifs is 1. The molecule has 5 rings (SSSR count). The second kappa shape index (κ2) is 11.5. The molecule has 0 saturated carbocycles. The topological polar surface area (TPSA) is 44.2 Å². The van der Waals surface area contributed by atoms with Gasteiger partial charge in [0.2, 0.25) is 0 Å². The fourth-order valence-electron chi connectivity index (χ4n) is 5.04. The van der Waals surface area contributed by atoms with E-state index >= 15 is 0 Å². The van der Waals surface area contributed by atoms with Gasteiger partial charge in [-0.05, 0) is 75.2 Å². The first-order chi connectivity index (χ1) is 18.6. The summed E-state index contributed by atoms with van der Waals surface area (Å²) in [7, 11) is 0. The lowest BCUT2D eigenvalue weighted by molar-refractivity contribution is 0.173. The van der Waals surface area contributed by atoms with E-state index in [9.17, 15) is 0 Å². The second-order valence-electron chi connectivity index (χ2n) is 9.67. The van der Waals surface area contributed by atoms with Crippen LogP contribution >= 0.6 is 0 Å². The summed E-state index contributed by atoms with van der Waals surface area (Å²) in [5.74, 6) is 0.867. The van der Waals surface area contributed by atoms with Crippen molar-refractivity contribution in [2.45, 2.75) is 40.2 Å². The molecule has 0 spiro atoms. The maximum atomic E-state index is 5.54. The minimum atomic E-state index is 0.0629. The van der Waals surface area contributed by atoms with Crippen LogP contribution in [0.2, 0.25) is 0 Å². The van der Waals surface area contributed by atoms with Crippen LogP contribution < -0.4 is 9.91 Å². The number of hydrogen-bond acceptors (Lipinski definition) is 6. The molecule has 0 aliphatic carbocycles. The maximum absolute atomic E-state index is 5.54. The Morgan fingerprint density at radius 3 is 2.55 bits per heavy atom. The van der Waals surface area contributed by atoms with Gasteiger partial charge in [-0.25, -0.2) is 9.99 Å². The van der Waals surface area contributed by atoms with Crippen LogP contribution in [0.15, 0.2) is 89.9 Å². The van der Waals surface area contributed by atoms with Crippen molar-refractivity contribution >= 4 is 34.2 Å². The van der Waals surface area contributed by atoms with Gasteiger partial charge in [-0.15, -0.1) is 0 Å². The number of rotatable bonds is 9. The SMILES string of the molecule is CCN1COC=C1C=CC1CC(C=Cc2ccc(N(CC)CC)cc2)=NN1c1cc(C)c2ccccc2n1. The molecule has 2 aliphatic rings.